The van der Waals surface area contributed by atoms with Crippen molar-refractivity contribution < 1.29 is 9.47 Å². The van der Waals surface area contributed by atoms with Crippen LogP contribution in [0.4, 0.5) is 0 Å². The van der Waals surface area contributed by atoms with Gasteiger partial charge in [0.05, 0.1) is 6.10 Å². The van der Waals surface area contributed by atoms with Gasteiger partial charge in [-0.2, -0.15) is 0 Å². The molecule has 0 N–H and O–H groups in total. The molecule has 0 unspecified atom stereocenters. The highest BCUT2D eigenvalue weighted by molar-refractivity contribution is 4.95. The van der Waals surface area contributed by atoms with Crippen LogP contribution in [0.15, 0.2) is 0 Å². The number of hydrogen-bond acceptors (Lipinski definition) is 2. The van der Waals surface area contributed by atoms with Gasteiger partial charge in [0.1, 0.15) is 0 Å². The van der Waals surface area contributed by atoms with E-state index in [1.807, 2.05) is 21.0 Å². The van der Waals surface area contributed by atoms with Crippen molar-refractivity contribution in [1.29, 1.82) is 0 Å². The summed E-state index contributed by atoms with van der Waals surface area (Å²) in [6, 6.07) is 0. The molecule has 0 radical (unpaired) electrons. The van der Waals surface area contributed by atoms with Crippen molar-refractivity contribution in [3.05, 3.63) is 0 Å². The summed E-state index contributed by atoms with van der Waals surface area (Å²) in [5.74, 6) is 0. The third-order valence-electron chi connectivity index (χ3n) is 3.21. The summed E-state index contributed by atoms with van der Waals surface area (Å²) in [6.07, 6.45) is 5.60. The first kappa shape index (κ1) is 11.0. The molecule has 1 saturated carbocycles. The highest BCUT2D eigenvalue weighted by atomic mass is 16.5. The Kier molecular flexibility index (Phi) is 4.20. The summed E-state index contributed by atoms with van der Waals surface area (Å²) in [6.45, 7) is 5.94. The predicted octanol–water partition coefficient (Wildman–Crippen LogP) is 2.62. The Bertz CT molecular complexity index is 131. The van der Waals surface area contributed by atoms with E-state index < -0.39 is 0 Å². The maximum absolute atomic E-state index is 5.33. The van der Waals surface area contributed by atoms with Gasteiger partial charge in [-0.1, -0.05) is 13.8 Å². The molecule has 0 aromatic carbocycles. The average Bonchev–Trinajstić information content (AvgIpc) is 2.18. The lowest BCUT2D eigenvalue weighted by molar-refractivity contribution is -0.110. The third kappa shape index (κ3) is 2.44. The molecule has 2 rings (SSSR count). The van der Waals surface area contributed by atoms with E-state index in [1.165, 1.54) is 25.7 Å². The third-order valence-corrected chi connectivity index (χ3v) is 3.21. The second-order valence-electron chi connectivity index (χ2n) is 3.88. The van der Waals surface area contributed by atoms with Crippen molar-refractivity contribution in [2.45, 2.75) is 45.6 Å². The van der Waals surface area contributed by atoms with Gasteiger partial charge in [0, 0.05) is 20.3 Å². The molecule has 1 aliphatic carbocycles. The number of hydrogen-bond donors (Lipinski definition) is 0. The fourth-order valence-corrected chi connectivity index (χ4v) is 2.29. The molecule has 0 bridgehead atoms. The molecule has 2 fully saturated rings. The van der Waals surface area contributed by atoms with E-state index in [-0.39, 0.29) is 0 Å². The van der Waals surface area contributed by atoms with Crippen LogP contribution >= 0.6 is 0 Å². The van der Waals surface area contributed by atoms with E-state index in [0.29, 0.717) is 11.5 Å². The van der Waals surface area contributed by atoms with Crippen LogP contribution < -0.4 is 0 Å². The average molecular weight is 186 g/mol. The van der Waals surface area contributed by atoms with E-state index in [4.69, 9.17) is 9.47 Å². The van der Waals surface area contributed by atoms with Crippen molar-refractivity contribution >= 4 is 0 Å². The van der Waals surface area contributed by atoms with E-state index >= 15 is 0 Å². The van der Waals surface area contributed by atoms with E-state index in [2.05, 4.69) is 0 Å². The summed E-state index contributed by atoms with van der Waals surface area (Å²) < 4.78 is 10.6. The van der Waals surface area contributed by atoms with Gasteiger partial charge < -0.3 is 9.47 Å². The second-order valence-corrected chi connectivity index (χ2v) is 3.88. The fourth-order valence-electron chi connectivity index (χ4n) is 2.29. The molecule has 0 aromatic rings. The van der Waals surface area contributed by atoms with Gasteiger partial charge in [-0.25, -0.2) is 0 Å². The van der Waals surface area contributed by atoms with Crippen LogP contribution in [-0.2, 0) is 9.47 Å². The lowest BCUT2D eigenvalue weighted by atomic mass is 9.62. The van der Waals surface area contributed by atoms with Gasteiger partial charge in [-0.3, -0.25) is 0 Å². The molecule has 2 nitrogen and oxygen atoms in total. The van der Waals surface area contributed by atoms with Crippen LogP contribution in [-0.4, -0.2) is 26.4 Å². The quantitative estimate of drug-likeness (QED) is 0.626. The maximum Gasteiger partial charge on any atom is 0.0582 e. The van der Waals surface area contributed by atoms with E-state index in [9.17, 15) is 0 Å². The van der Waals surface area contributed by atoms with Crippen LogP contribution in [0, 0.1) is 5.41 Å². The SMILES string of the molecule is CC.COC1CC2(CCOCC2)C1. The molecule has 1 heterocycles. The van der Waals surface area contributed by atoms with Crippen molar-refractivity contribution in [3.8, 4) is 0 Å². The summed E-state index contributed by atoms with van der Waals surface area (Å²) in [5, 5.41) is 0. The zero-order valence-electron chi connectivity index (χ0n) is 9.14. The molecule has 1 spiro atoms. The monoisotopic (exact) mass is 186 g/mol. The van der Waals surface area contributed by atoms with Crippen LogP contribution in [0.1, 0.15) is 39.5 Å². The zero-order chi connectivity index (χ0) is 9.73. The van der Waals surface area contributed by atoms with Crippen molar-refractivity contribution in [2.75, 3.05) is 20.3 Å². The fraction of sp³-hybridized carbons (Fsp3) is 1.00. The molecule has 1 saturated heterocycles. The lowest BCUT2D eigenvalue weighted by Crippen LogP contribution is -2.45. The largest absolute Gasteiger partial charge is 0.381 e. The highest BCUT2D eigenvalue weighted by Gasteiger charge is 2.44. The topological polar surface area (TPSA) is 18.5 Å². The van der Waals surface area contributed by atoms with Crippen molar-refractivity contribution in [2.24, 2.45) is 5.41 Å². The molecular weight excluding hydrogens is 164 g/mol. The number of methoxy groups -OCH3 is 1. The Morgan fingerprint density at radius 2 is 1.69 bits per heavy atom. The summed E-state index contributed by atoms with van der Waals surface area (Å²) in [5.41, 5.74) is 0.624. The lowest BCUT2D eigenvalue weighted by Gasteiger charge is -2.49. The predicted molar refractivity (Wildman–Crippen MR) is 53.9 cm³/mol. The standard InChI is InChI=1S/C9H16O2.C2H6/c1-10-8-6-9(7-8)2-4-11-5-3-9;1-2/h8H,2-7H2,1H3;1-2H3. The Morgan fingerprint density at radius 1 is 1.15 bits per heavy atom. The van der Waals surface area contributed by atoms with Gasteiger partial charge in [-0.15, -0.1) is 0 Å². The molecule has 0 aromatic heterocycles. The van der Waals surface area contributed by atoms with Crippen LogP contribution in [0.2, 0.25) is 0 Å². The Labute approximate surface area is 81.6 Å². The first-order valence-electron chi connectivity index (χ1n) is 5.45. The number of ether oxygens (including phenoxy) is 2. The summed E-state index contributed by atoms with van der Waals surface area (Å²) >= 11 is 0. The van der Waals surface area contributed by atoms with Gasteiger partial charge in [0.15, 0.2) is 0 Å². The van der Waals surface area contributed by atoms with E-state index in [1.54, 1.807) is 0 Å². The maximum atomic E-state index is 5.33. The molecule has 78 valence electrons. The molecule has 0 atom stereocenters. The Balaban J connectivity index is 0.000000396. The van der Waals surface area contributed by atoms with Gasteiger partial charge in [0.2, 0.25) is 0 Å². The van der Waals surface area contributed by atoms with Crippen LogP contribution in [0.25, 0.3) is 0 Å². The van der Waals surface area contributed by atoms with Crippen molar-refractivity contribution in [1.82, 2.24) is 0 Å². The molecule has 1 aliphatic heterocycles. The van der Waals surface area contributed by atoms with Gasteiger partial charge in [-0.05, 0) is 31.1 Å². The van der Waals surface area contributed by atoms with E-state index in [0.717, 1.165) is 13.2 Å². The van der Waals surface area contributed by atoms with Crippen molar-refractivity contribution in [3.63, 3.8) is 0 Å². The van der Waals surface area contributed by atoms with Gasteiger partial charge in [0.25, 0.3) is 0 Å². The minimum atomic E-state index is 0.549. The molecule has 2 aliphatic rings. The first-order chi connectivity index (χ1) is 6.35. The summed E-state index contributed by atoms with van der Waals surface area (Å²) in [4.78, 5) is 0. The minimum absolute atomic E-state index is 0.549. The number of rotatable bonds is 1. The zero-order valence-corrected chi connectivity index (χ0v) is 9.14. The molecule has 13 heavy (non-hydrogen) atoms. The smallest absolute Gasteiger partial charge is 0.0582 e. The normalized spacial score (nSPS) is 26.1. The molecule has 0 amide bonds. The Hall–Kier alpha value is -0.0800. The highest BCUT2D eigenvalue weighted by Crippen LogP contribution is 2.49. The molecule has 2 heteroatoms. The Morgan fingerprint density at radius 3 is 2.15 bits per heavy atom. The second kappa shape index (κ2) is 4.97. The van der Waals surface area contributed by atoms with Crippen LogP contribution in [0.3, 0.4) is 0 Å². The first-order valence-corrected chi connectivity index (χ1v) is 5.45. The van der Waals surface area contributed by atoms with Crippen LogP contribution in [0.5, 0.6) is 0 Å². The minimum Gasteiger partial charge on any atom is -0.381 e. The summed E-state index contributed by atoms with van der Waals surface area (Å²) in [7, 11) is 1.82. The molecular formula is C11H22O2. The van der Waals surface area contributed by atoms with Gasteiger partial charge >= 0.3 is 0 Å².